The Balaban J connectivity index is 1.92. The molecule has 1 aromatic carbocycles. The van der Waals surface area contributed by atoms with Crippen LogP contribution in [0.15, 0.2) is 30.3 Å². The Hall–Kier alpha value is -2.30. The lowest BCUT2D eigenvalue weighted by Gasteiger charge is -2.47. The highest BCUT2D eigenvalue weighted by atomic mass is 32.2. The summed E-state index contributed by atoms with van der Waals surface area (Å²) < 4.78 is 28.3. The molecule has 0 spiro atoms. The number of hydrazine groups is 1. The number of ketones is 1. The number of rotatable bonds is 5. The number of nitrogens with one attached hydrogen (secondary N) is 1. The van der Waals surface area contributed by atoms with E-state index in [1.165, 1.54) is 17.0 Å². The standard InChI is InChI=1S/C20H27N3O6S/c1-29-20(26)17-13-22(21-30(2,27)28)12-15-10-6-7-11-16(19(25)23(15)17)18(24)14-8-4-3-5-9-14/h3-5,8-9,15-17,21H,6-7,10-13H2,1-2H3/t15-,16-,17-/m0/s1. The molecule has 0 unspecified atom stereocenters. The average molecular weight is 438 g/mol. The van der Waals surface area contributed by atoms with Gasteiger partial charge in [-0.3, -0.25) is 9.59 Å². The predicted molar refractivity (Wildman–Crippen MR) is 109 cm³/mol. The molecule has 9 nitrogen and oxygen atoms in total. The number of carbonyl (C=O) groups excluding carboxylic acids is 3. The fourth-order valence-electron chi connectivity index (χ4n) is 4.24. The van der Waals surface area contributed by atoms with E-state index >= 15 is 0 Å². The van der Waals surface area contributed by atoms with Crippen molar-refractivity contribution in [2.75, 3.05) is 26.5 Å². The van der Waals surface area contributed by atoms with Gasteiger partial charge in [-0.2, -0.15) is 0 Å². The second-order valence-electron chi connectivity index (χ2n) is 7.77. The number of piperazine rings is 1. The molecule has 3 rings (SSSR count). The van der Waals surface area contributed by atoms with E-state index in [1.54, 1.807) is 30.3 Å². The van der Waals surface area contributed by atoms with E-state index in [2.05, 4.69) is 4.83 Å². The van der Waals surface area contributed by atoms with Gasteiger partial charge in [0, 0.05) is 24.7 Å². The van der Waals surface area contributed by atoms with Crippen LogP contribution in [0.5, 0.6) is 0 Å². The largest absolute Gasteiger partial charge is 0.467 e. The maximum absolute atomic E-state index is 13.5. The first-order valence-electron chi connectivity index (χ1n) is 9.93. The van der Waals surface area contributed by atoms with Crippen molar-refractivity contribution in [1.29, 1.82) is 0 Å². The number of fused-ring (bicyclic) bond motifs is 1. The highest BCUT2D eigenvalue weighted by Gasteiger charge is 2.46. The van der Waals surface area contributed by atoms with Gasteiger partial charge in [0.05, 0.1) is 13.4 Å². The van der Waals surface area contributed by atoms with Crippen molar-refractivity contribution in [2.24, 2.45) is 5.92 Å². The van der Waals surface area contributed by atoms with Crippen LogP contribution in [-0.4, -0.2) is 74.5 Å². The molecule has 0 aromatic heterocycles. The third-order valence-corrected chi connectivity index (χ3v) is 6.12. The highest BCUT2D eigenvalue weighted by Crippen LogP contribution is 2.29. The molecule has 2 fully saturated rings. The van der Waals surface area contributed by atoms with Crippen molar-refractivity contribution in [3.05, 3.63) is 35.9 Å². The summed E-state index contributed by atoms with van der Waals surface area (Å²) >= 11 is 0. The molecule has 2 aliphatic rings. The molecular weight excluding hydrogens is 410 g/mol. The lowest BCUT2D eigenvalue weighted by Crippen LogP contribution is -2.67. The summed E-state index contributed by atoms with van der Waals surface area (Å²) in [5, 5.41) is 1.43. The molecule has 2 saturated heterocycles. The van der Waals surface area contributed by atoms with Gasteiger partial charge < -0.3 is 9.64 Å². The van der Waals surface area contributed by atoms with Gasteiger partial charge >= 0.3 is 5.97 Å². The van der Waals surface area contributed by atoms with Crippen LogP contribution in [-0.2, 0) is 24.3 Å². The number of carbonyl (C=O) groups is 3. The van der Waals surface area contributed by atoms with E-state index in [9.17, 15) is 22.8 Å². The van der Waals surface area contributed by atoms with Crippen molar-refractivity contribution in [2.45, 2.75) is 37.8 Å². The van der Waals surface area contributed by atoms with Gasteiger partial charge in [0.25, 0.3) is 0 Å². The van der Waals surface area contributed by atoms with Crippen molar-refractivity contribution >= 4 is 27.7 Å². The molecule has 0 bridgehead atoms. The molecule has 1 aromatic rings. The Labute approximate surface area is 176 Å². The molecule has 164 valence electrons. The van der Waals surface area contributed by atoms with Gasteiger partial charge in [0.1, 0.15) is 12.0 Å². The van der Waals surface area contributed by atoms with Gasteiger partial charge in [-0.1, -0.05) is 43.2 Å². The number of nitrogens with zero attached hydrogens (tertiary/aromatic N) is 2. The van der Waals surface area contributed by atoms with Crippen LogP contribution in [0, 0.1) is 5.92 Å². The summed E-state index contributed by atoms with van der Waals surface area (Å²) in [6.45, 7) is 0.187. The third-order valence-electron chi connectivity index (χ3n) is 5.53. The van der Waals surface area contributed by atoms with Crippen molar-refractivity contribution in [1.82, 2.24) is 14.7 Å². The monoisotopic (exact) mass is 437 g/mol. The van der Waals surface area contributed by atoms with E-state index in [-0.39, 0.29) is 18.9 Å². The zero-order chi connectivity index (χ0) is 21.9. The number of hydrogen-bond donors (Lipinski definition) is 1. The van der Waals surface area contributed by atoms with Gasteiger partial charge in [-0.05, 0) is 12.8 Å². The molecule has 1 amide bonds. The summed E-state index contributed by atoms with van der Waals surface area (Å²) in [5.74, 6) is -2.18. The molecule has 0 radical (unpaired) electrons. The van der Waals surface area contributed by atoms with Gasteiger partial charge in [0.15, 0.2) is 5.78 Å². The van der Waals surface area contributed by atoms with Gasteiger partial charge in [0.2, 0.25) is 15.9 Å². The van der Waals surface area contributed by atoms with Crippen LogP contribution in [0.4, 0.5) is 0 Å². The van der Waals surface area contributed by atoms with E-state index in [0.717, 1.165) is 12.7 Å². The summed E-state index contributed by atoms with van der Waals surface area (Å²) in [4.78, 5) is 43.0. The number of benzene rings is 1. The van der Waals surface area contributed by atoms with Crippen LogP contribution < -0.4 is 4.83 Å². The Kier molecular flexibility index (Phi) is 6.89. The average Bonchev–Trinajstić information content (AvgIpc) is 2.70. The number of esters is 1. The van der Waals surface area contributed by atoms with Crippen molar-refractivity contribution in [3.8, 4) is 0 Å². The van der Waals surface area contributed by atoms with Crippen LogP contribution in [0.2, 0.25) is 0 Å². The summed E-state index contributed by atoms with van der Waals surface area (Å²) in [7, 11) is -2.32. The summed E-state index contributed by atoms with van der Waals surface area (Å²) in [5.41, 5.74) is 0.458. The lowest BCUT2D eigenvalue weighted by atomic mass is 9.86. The quantitative estimate of drug-likeness (QED) is 0.407. The molecule has 30 heavy (non-hydrogen) atoms. The van der Waals surface area contributed by atoms with Crippen LogP contribution in [0.3, 0.4) is 0 Å². The smallest absolute Gasteiger partial charge is 0.329 e. The van der Waals surface area contributed by atoms with Crippen LogP contribution in [0.1, 0.15) is 36.0 Å². The number of Topliss-reactive ketones (excluding diaryl/α,β-unsaturated/α-hetero) is 1. The van der Waals surface area contributed by atoms with Gasteiger partial charge in [-0.25, -0.2) is 18.2 Å². The minimum absolute atomic E-state index is 0.0474. The molecule has 3 atom stereocenters. The minimum atomic E-state index is -3.54. The summed E-state index contributed by atoms with van der Waals surface area (Å²) in [6, 6.07) is 7.24. The fraction of sp³-hybridized carbons (Fsp3) is 0.550. The minimum Gasteiger partial charge on any atom is -0.467 e. The maximum Gasteiger partial charge on any atom is 0.329 e. The van der Waals surface area contributed by atoms with E-state index < -0.39 is 39.9 Å². The first-order chi connectivity index (χ1) is 14.2. The number of sulfonamides is 1. The Morgan fingerprint density at radius 3 is 2.40 bits per heavy atom. The zero-order valence-electron chi connectivity index (χ0n) is 17.1. The Morgan fingerprint density at radius 1 is 1.10 bits per heavy atom. The fourth-order valence-corrected chi connectivity index (χ4v) is 4.86. The Bertz CT molecular complexity index is 904. The molecule has 1 N–H and O–H groups in total. The molecule has 0 aliphatic carbocycles. The van der Waals surface area contributed by atoms with E-state index in [0.29, 0.717) is 24.8 Å². The molecule has 2 aliphatic heterocycles. The first-order valence-corrected chi connectivity index (χ1v) is 11.8. The number of ether oxygens (including phenoxy) is 1. The number of hydrogen-bond acceptors (Lipinski definition) is 7. The molecular formula is C20H27N3O6S. The van der Waals surface area contributed by atoms with Crippen molar-refractivity contribution in [3.63, 3.8) is 0 Å². The Morgan fingerprint density at radius 2 is 1.77 bits per heavy atom. The van der Waals surface area contributed by atoms with Crippen LogP contribution >= 0.6 is 0 Å². The lowest BCUT2D eigenvalue weighted by molar-refractivity contribution is -0.162. The second-order valence-corrected chi connectivity index (χ2v) is 9.50. The predicted octanol–water partition coefficient (Wildman–Crippen LogP) is 0.578. The highest BCUT2D eigenvalue weighted by molar-refractivity contribution is 7.88. The second kappa shape index (κ2) is 9.23. The first kappa shape index (κ1) is 22.4. The SMILES string of the molecule is COC(=O)[C@@H]1CN(NS(C)(=O)=O)C[C@@H]2CCCC[C@@H](C(=O)c3ccccc3)C(=O)N21. The van der Waals surface area contributed by atoms with Crippen molar-refractivity contribution < 1.29 is 27.5 Å². The van der Waals surface area contributed by atoms with E-state index in [4.69, 9.17) is 4.74 Å². The normalized spacial score (nSPS) is 25.7. The molecule has 0 saturated carbocycles. The number of amides is 1. The number of methoxy groups -OCH3 is 1. The van der Waals surface area contributed by atoms with Gasteiger partial charge in [-0.15, -0.1) is 4.83 Å². The third kappa shape index (κ3) is 5.05. The van der Waals surface area contributed by atoms with E-state index in [1.807, 2.05) is 0 Å². The molecule has 2 heterocycles. The molecule has 10 heteroatoms. The zero-order valence-corrected chi connectivity index (χ0v) is 17.9. The topological polar surface area (TPSA) is 113 Å². The summed E-state index contributed by atoms with van der Waals surface area (Å²) in [6.07, 6.45) is 3.50. The maximum atomic E-state index is 13.5. The van der Waals surface area contributed by atoms with Crippen LogP contribution in [0.25, 0.3) is 0 Å².